The van der Waals surface area contributed by atoms with Crippen LogP contribution < -0.4 is 4.74 Å². The van der Waals surface area contributed by atoms with Crippen LogP contribution in [0.25, 0.3) is 0 Å². The fourth-order valence-corrected chi connectivity index (χ4v) is 5.01. The molecule has 2 amide bonds. The molecule has 182 valence electrons. The summed E-state index contributed by atoms with van der Waals surface area (Å²) >= 11 is 3.90. The number of ether oxygens (including phenoxy) is 1. The average Bonchev–Trinajstić information content (AvgIpc) is 3.29. The Hall–Kier alpha value is -2.71. The molecule has 0 spiro atoms. The third kappa shape index (κ3) is 5.03. The van der Waals surface area contributed by atoms with Gasteiger partial charge in [-0.1, -0.05) is 30.8 Å². The fourth-order valence-electron chi connectivity index (χ4n) is 4.81. The summed E-state index contributed by atoms with van der Waals surface area (Å²) in [4.78, 5) is 30.8. The van der Waals surface area contributed by atoms with Crippen molar-refractivity contribution in [3.8, 4) is 11.5 Å². The van der Waals surface area contributed by atoms with Crippen LogP contribution in [0, 0.1) is 0 Å². The molecule has 1 saturated heterocycles. The number of carbonyl (C=O) groups is 2. The number of aromatic hydroxyl groups is 1. The Kier molecular flexibility index (Phi) is 7.09. The Morgan fingerprint density at radius 2 is 1.76 bits per heavy atom. The number of benzene rings is 2. The van der Waals surface area contributed by atoms with Crippen LogP contribution in [0.5, 0.6) is 11.5 Å². The topological polar surface area (TPSA) is 73.3 Å². The highest BCUT2D eigenvalue weighted by Gasteiger charge is 2.34. The minimum absolute atomic E-state index is 0.0407. The normalized spacial score (nSPS) is 16.5. The van der Waals surface area contributed by atoms with Crippen LogP contribution >= 0.6 is 12.6 Å². The van der Waals surface area contributed by atoms with Gasteiger partial charge in [0.2, 0.25) is 0 Å². The molecule has 0 aliphatic carbocycles. The van der Waals surface area contributed by atoms with E-state index in [0.29, 0.717) is 31.9 Å². The second-order valence-electron chi connectivity index (χ2n) is 9.68. The molecular weight excluding hydrogens is 450 g/mol. The molecule has 1 N–H and O–H groups in total. The van der Waals surface area contributed by atoms with Gasteiger partial charge in [-0.15, -0.1) is 0 Å². The number of aryl methyl sites for hydroxylation is 1. The summed E-state index contributed by atoms with van der Waals surface area (Å²) in [6.07, 6.45) is 1.79. The number of phenols is 1. The fraction of sp³-hybridized carbons (Fsp3) is 0.462. The molecule has 4 rings (SSSR count). The zero-order chi connectivity index (χ0) is 24.5. The maximum absolute atomic E-state index is 13.3. The summed E-state index contributed by atoms with van der Waals surface area (Å²) < 4.78 is 5.24. The van der Waals surface area contributed by atoms with Gasteiger partial charge in [0.25, 0.3) is 11.1 Å². The highest BCUT2D eigenvalue weighted by molar-refractivity contribution is 7.96. The number of fused-ring (bicyclic) bond motifs is 1. The largest absolute Gasteiger partial charge is 0.504 e. The minimum atomic E-state index is -0.240. The molecule has 1 fully saturated rings. The monoisotopic (exact) mass is 483 g/mol. The molecule has 8 heteroatoms. The number of amides is 2. The van der Waals surface area contributed by atoms with Gasteiger partial charge in [0.15, 0.2) is 11.5 Å². The molecule has 2 aliphatic heterocycles. The van der Waals surface area contributed by atoms with E-state index in [2.05, 4.69) is 37.4 Å². The van der Waals surface area contributed by atoms with Crippen molar-refractivity contribution in [2.45, 2.75) is 45.3 Å². The lowest BCUT2D eigenvalue weighted by Crippen LogP contribution is -2.49. The number of thiol groups is 1. The Balaban J connectivity index is 1.43. The molecule has 2 aromatic rings. The van der Waals surface area contributed by atoms with Crippen LogP contribution in [0.1, 0.15) is 47.3 Å². The maximum atomic E-state index is 13.3. The van der Waals surface area contributed by atoms with E-state index >= 15 is 0 Å². The maximum Gasteiger partial charge on any atom is 0.278 e. The van der Waals surface area contributed by atoms with Crippen LogP contribution in [0.3, 0.4) is 0 Å². The van der Waals surface area contributed by atoms with Gasteiger partial charge in [-0.05, 0) is 61.6 Å². The van der Waals surface area contributed by atoms with Crippen molar-refractivity contribution < 1.29 is 19.4 Å². The first kappa shape index (κ1) is 24.4. The molecule has 2 aromatic carbocycles. The molecule has 0 unspecified atom stereocenters. The quantitative estimate of drug-likeness (QED) is 0.609. The van der Waals surface area contributed by atoms with Crippen LogP contribution in [-0.2, 0) is 19.5 Å². The van der Waals surface area contributed by atoms with Gasteiger partial charge in [0.1, 0.15) is 0 Å². The van der Waals surface area contributed by atoms with Gasteiger partial charge >= 0.3 is 0 Å². The van der Waals surface area contributed by atoms with Crippen LogP contribution in [0.15, 0.2) is 36.4 Å². The van der Waals surface area contributed by atoms with Crippen molar-refractivity contribution in [2.75, 3.05) is 33.3 Å². The van der Waals surface area contributed by atoms with E-state index in [-0.39, 0.29) is 22.4 Å². The van der Waals surface area contributed by atoms with Gasteiger partial charge in [0.05, 0.1) is 7.11 Å². The number of carbonyl (C=O) groups excluding carboxylic acids is 2. The SMILES string of the molecule is COc1cc(CCC(C)(C)N2Cc3cccc(C(=O)N4CCN(C(=O)S)CC4)c3C2)ccc1O. The lowest BCUT2D eigenvalue weighted by Gasteiger charge is -2.36. The highest BCUT2D eigenvalue weighted by atomic mass is 32.1. The predicted octanol–water partition coefficient (Wildman–Crippen LogP) is 3.94. The van der Waals surface area contributed by atoms with Gasteiger partial charge in [-0.25, -0.2) is 0 Å². The first-order chi connectivity index (χ1) is 16.2. The standard InChI is InChI=1S/C26H33N3O4S/c1-26(2,10-9-18-7-8-22(30)23(15-18)33-3)29-16-19-5-4-6-20(21(19)17-29)24(31)27-11-13-28(14-12-27)25(32)34/h4-8,15,30H,9-14,16-17H2,1-3H3,(H,32,34). The van der Waals surface area contributed by atoms with Crippen LogP contribution in [0.2, 0.25) is 0 Å². The van der Waals surface area contributed by atoms with E-state index in [1.807, 2.05) is 29.2 Å². The number of phenolic OH excluding ortho intramolecular Hbond substituents is 1. The lowest BCUT2D eigenvalue weighted by atomic mass is 9.93. The number of rotatable bonds is 6. The zero-order valence-electron chi connectivity index (χ0n) is 20.1. The summed E-state index contributed by atoms with van der Waals surface area (Å²) in [7, 11) is 1.56. The van der Waals surface area contributed by atoms with E-state index in [1.165, 1.54) is 5.56 Å². The second kappa shape index (κ2) is 9.88. The molecule has 2 aliphatic rings. The Morgan fingerprint density at radius 3 is 2.44 bits per heavy atom. The molecule has 0 bridgehead atoms. The molecular formula is C26H33N3O4S. The zero-order valence-corrected chi connectivity index (χ0v) is 21.0. The number of hydrogen-bond acceptors (Lipinski definition) is 5. The minimum Gasteiger partial charge on any atom is -0.504 e. The first-order valence-electron chi connectivity index (χ1n) is 11.7. The smallest absolute Gasteiger partial charge is 0.278 e. The van der Waals surface area contributed by atoms with Gasteiger partial charge in [-0.3, -0.25) is 14.5 Å². The Morgan fingerprint density at radius 1 is 1.06 bits per heavy atom. The summed E-state index contributed by atoms with van der Waals surface area (Å²) in [6.45, 7) is 8.12. The Bertz CT molecular complexity index is 1080. The molecule has 2 heterocycles. The molecule has 0 saturated carbocycles. The molecule has 0 aromatic heterocycles. The second-order valence-corrected chi connectivity index (χ2v) is 10.1. The van der Waals surface area contributed by atoms with E-state index in [0.717, 1.165) is 42.6 Å². The average molecular weight is 484 g/mol. The van der Waals surface area contributed by atoms with Crippen molar-refractivity contribution in [1.82, 2.24) is 14.7 Å². The third-order valence-corrected chi connectivity index (χ3v) is 7.46. The molecule has 34 heavy (non-hydrogen) atoms. The van der Waals surface area contributed by atoms with Gasteiger partial charge in [0, 0.05) is 50.4 Å². The third-order valence-electron chi connectivity index (χ3n) is 7.18. The van der Waals surface area contributed by atoms with Crippen molar-refractivity contribution in [3.05, 3.63) is 58.7 Å². The Labute approximate surface area is 206 Å². The van der Waals surface area contributed by atoms with Gasteiger partial charge < -0.3 is 19.6 Å². The number of piperazine rings is 1. The summed E-state index contributed by atoms with van der Waals surface area (Å²) in [5.41, 5.74) is 4.12. The van der Waals surface area contributed by atoms with Crippen molar-refractivity contribution in [1.29, 1.82) is 0 Å². The van der Waals surface area contributed by atoms with Crippen molar-refractivity contribution >= 4 is 23.8 Å². The summed E-state index contributed by atoms with van der Waals surface area (Å²) in [6, 6.07) is 11.5. The number of nitrogens with zero attached hydrogens (tertiary/aromatic N) is 3. The lowest BCUT2D eigenvalue weighted by molar-refractivity contribution is 0.0673. The van der Waals surface area contributed by atoms with E-state index in [4.69, 9.17) is 4.74 Å². The molecule has 0 radical (unpaired) electrons. The van der Waals surface area contributed by atoms with Crippen molar-refractivity contribution in [2.24, 2.45) is 0 Å². The molecule has 0 atom stereocenters. The van der Waals surface area contributed by atoms with Gasteiger partial charge in [-0.2, -0.15) is 0 Å². The van der Waals surface area contributed by atoms with E-state index in [9.17, 15) is 14.7 Å². The van der Waals surface area contributed by atoms with Crippen molar-refractivity contribution in [3.63, 3.8) is 0 Å². The summed E-state index contributed by atoms with van der Waals surface area (Å²) in [5, 5.41) is 9.61. The van der Waals surface area contributed by atoms with Crippen LogP contribution in [0.4, 0.5) is 4.79 Å². The molecule has 7 nitrogen and oxygen atoms in total. The van der Waals surface area contributed by atoms with E-state index < -0.39 is 0 Å². The number of methoxy groups -OCH3 is 1. The predicted molar refractivity (Wildman–Crippen MR) is 135 cm³/mol. The number of hydrogen-bond donors (Lipinski definition) is 2. The summed E-state index contributed by atoms with van der Waals surface area (Å²) in [5.74, 6) is 0.682. The first-order valence-corrected chi connectivity index (χ1v) is 12.1. The van der Waals surface area contributed by atoms with Crippen LogP contribution in [-0.4, -0.2) is 69.8 Å². The van der Waals surface area contributed by atoms with E-state index in [1.54, 1.807) is 18.1 Å². The highest BCUT2D eigenvalue weighted by Crippen LogP contribution is 2.35.